The molecule has 0 aliphatic carbocycles. The van der Waals surface area contributed by atoms with E-state index in [0.717, 1.165) is 21.7 Å². The first-order valence-corrected chi connectivity index (χ1v) is 5.50. The van der Waals surface area contributed by atoms with Crippen molar-refractivity contribution >= 4 is 28.3 Å². The molecule has 0 saturated heterocycles. The first kappa shape index (κ1) is 9.32. The third kappa shape index (κ3) is 1.44. The highest BCUT2D eigenvalue weighted by Gasteiger charge is 2.06. The largest absolute Gasteiger partial charge is 0.443 e. The summed E-state index contributed by atoms with van der Waals surface area (Å²) >= 11 is 1.52. The summed E-state index contributed by atoms with van der Waals surface area (Å²) in [4.78, 5) is 8.37. The van der Waals surface area contributed by atoms with Crippen molar-refractivity contribution in [2.24, 2.45) is 5.84 Å². The molecule has 0 saturated carbocycles. The van der Waals surface area contributed by atoms with Crippen molar-refractivity contribution in [2.75, 3.05) is 5.43 Å². The number of nitrogens with one attached hydrogen (secondary N) is 1. The predicted molar refractivity (Wildman–Crippen MR) is 62.9 cm³/mol. The van der Waals surface area contributed by atoms with Crippen LogP contribution in [0.25, 0.3) is 21.7 Å². The molecule has 0 amide bonds. The Morgan fingerprint density at radius 2 is 2.31 bits per heavy atom. The molecule has 0 fully saturated rings. The third-order valence-corrected chi connectivity index (χ3v) is 3.12. The molecular formula is C10H8N4OS. The average Bonchev–Trinajstić information content (AvgIpc) is 2.96. The van der Waals surface area contributed by atoms with E-state index in [1.54, 1.807) is 0 Å². The maximum atomic E-state index is 5.28. The molecule has 2 heterocycles. The molecule has 80 valence electrons. The van der Waals surface area contributed by atoms with E-state index >= 15 is 0 Å². The molecule has 6 heteroatoms. The predicted octanol–water partition coefficient (Wildman–Crippen LogP) is 2.24. The highest BCUT2D eigenvalue weighted by atomic mass is 32.1. The Morgan fingerprint density at radius 3 is 3.12 bits per heavy atom. The van der Waals surface area contributed by atoms with E-state index in [-0.39, 0.29) is 0 Å². The van der Waals surface area contributed by atoms with E-state index in [0.29, 0.717) is 5.82 Å². The van der Waals surface area contributed by atoms with Crippen LogP contribution in [-0.2, 0) is 0 Å². The molecule has 0 bridgehead atoms. The Hall–Kier alpha value is -1.92. The number of anilines is 1. The monoisotopic (exact) mass is 232 g/mol. The van der Waals surface area contributed by atoms with Gasteiger partial charge in [0.15, 0.2) is 17.8 Å². The number of hydrogen-bond acceptors (Lipinski definition) is 6. The van der Waals surface area contributed by atoms with Gasteiger partial charge in [-0.2, -0.15) is 0 Å². The zero-order valence-corrected chi connectivity index (χ0v) is 8.99. The van der Waals surface area contributed by atoms with Crippen molar-refractivity contribution in [1.29, 1.82) is 0 Å². The lowest BCUT2D eigenvalue weighted by Crippen LogP contribution is -2.06. The highest BCUT2D eigenvalue weighted by Crippen LogP contribution is 2.27. The molecule has 3 rings (SSSR count). The molecule has 0 atom stereocenters. The summed E-state index contributed by atoms with van der Waals surface area (Å²) < 4.78 is 5.24. The number of oxazole rings is 1. The van der Waals surface area contributed by atoms with Crippen molar-refractivity contribution in [3.05, 3.63) is 30.0 Å². The fraction of sp³-hybridized carbons (Fsp3) is 0. The van der Waals surface area contributed by atoms with Crippen LogP contribution in [0.4, 0.5) is 5.82 Å². The Bertz CT molecular complexity index is 630. The van der Waals surface area contributed by atoms with Gasteiger partial charge >= 0.3 is 0 Å². The van der Waals surface area contributed by atoms with Gasteiger partial charge in [0.2, 0.25) is 0 Å². The topological polar surface area (TPSA) is 77.0 Å². The fourth-order valence-electron chi connectivity index (χ4n) is 1.46. The molecule has 0 unspecified atom stereocenters. The summed E-state index contributed by atoms with van der Waals surface area (Å²) in [5.74, 6) is 5.95. The first-order chi connectivity index (χ1) is 7.86. The van der Waals surface area contributed by atoms with E-state index in [1.165, 1.54) is 17.7 Å². The van der Waals surface area contributed by atoms with Crippen LogP contribution in [0.3, 0.4) is 0 Å². The van der Waals surface area contributed by atoms with Gasteiger partial charge in [-0.05, 0) is 18.2 Å². The molecule has 0 spiro atoms. The summed E-state index contributed by atoms with van der Waals surface area (Å²) in [5.41, 5.74) is 5.11. The van der Waals surface area contributed by atoms with Gasteiger partial charge in [0, 0.05) is 10.9 Å². The second kappa shape index (κ2) is 3.58. The Labute approximate surface area is 94.9 Å². The molecule has 5 nitrogen and oxygen atoms in total. The molecule has 3 N–H and O–H groups in total. The van der Waals surface area contributed by atoms with E-state index in [9.17, 15) is 0 Å². The number of benzene rings is 1. The number of nitrogens with zero attached hydrogens (tertiary/aromatic N) is 2. The number of aromatic nitrogens is 2. The molecule has 0 aliphatic rings. The van der Waals surface area contributed by atoms with Gasteiger partial charge in [-0.15, -0.1) is 11.3 Å². The van der Waals surface area contributed by atoms with Crippen molar-refractivity contribution < 1.29 is 4.42 Å². The van der Waals surface area contributed by atoms with Crippen molar-refractivity contribution in [2.45, 2.75) is 0 Å². The second-order valence-corrected chi connectivity index (χ2v) is 4.08. The molecular weight excluding hydrogens is 224 g/mol. The zero-order chi connectivity index (χ0) is 11.0. The van der Waals surface area contributed by atoms with Crippen LogP contribution >= 0.6 is 11.3 Å². The lowest BCUT2D eigenvalue weighted by atomic mass is 10.2. The normalized spacial score (nSPS) is 10.8. The van der Waals surface area contributed by atoms with Crippen LogP contribution in [0, 0.1) is 0 Å². The van der Waals surface area contributed by atoms with Gasteiger partial charge in [0.25, 0.3) is 0 Å². The van der Waals surface area contributed by atoms with E-state index in [4.69, 9.17) is 10.3 Å². The minimum Gasteiger partial charge on any atom is -0.443 e. The van der Waals surface area contributed by atoms with E-state index < -0.39 is 0 Å². The number of hydrogen-bond donors (Lipinski definition) is 2. The summed E-state index contributed by atoms with van der Waals surface area (Å²) in [6, 6.07) is 5.79. The third-order valence-electron chi connectivity index (χ3n) is 2.23. The fourth-order valence-corrected chi connectivity index (χ4v) is 2.22. The maximum absolute atomic E-state index is 5.28. The molecule has 2 aromatic heterocycles. The minimum atomic E-state index is 0.665. The van der Waals surface area contributed by atoms with Crippen LogP contribution in [0.5, 0.6) is 0 Å². The van der Waals surface area contributed by atoms with Crippen molar-refractivity contribution in [3.8, 4) is 10.6 Å². The summed E-state index contributed by atoms with van der Waals surface area (Å²) in [5, 5.41) is 2.76. The van der Waals surface area contributed by atoms with Crippen LogP contribution in [0.1, 0.15) is 0 Å². The smallest absolute Gasteiger partial charge is 0.181 e. The van der Waals surface area contributed by atoms with Gasteiger partial charge < -0.3 is 9.84 Å². The number of nitrogens with two attached hydrogens (primary N) is 1. The Balaban J connectivity index is 2.10. The highest BCUT2D eigenvalue weighted by molar-refractivity contribution is 7.13. The number of thiazole rings is 1. The van der Waals surface area contributed by atoms with Gasteiger partial charge in [-0.1, -0.05) is 0 Å². The number of fused-ring (bicyclic) bond motifs is 1. The Morgan fingerprint density at radius 1 is 1.38 bits per heavy atom. The molecule has 16 heavy (non-hydrogen) atoms. The lowest BCUT2D eigenvalue weighted by molar-refractivity contribution is 0.602. The van der Waals surface area contributed by atoms with Crippen LogP contribution in [0.15, 0.2) is 34.4 Å². The van der Waals surface area contributed by atoms with Gasteiger partial charge in [-0.3, -0.25) is 0 Å². The Kier molecular flexibility index (Phi) is 2.09. The summed E-state index contributed by atoms with van der Waals surface area (Å²) in [6.45, 7) is 0. The second-order valence-electron chi connectivity index (χ2n) is 3.22. The van der Waals surface area contributed by atoms with Gasteiger partial charge in [0.05, 0.1) is 0 Å². The quantitative estimate of drug-likeness (QED) is 0.523. The van der Waals surface area contributed by atoms with Crippen LogP contribution in [0.2, 0.25) is 0 Å². The zero-order valence-electron chi connectivity index (χ0n) is 8.18. The first-order valence-electron chi connectivity index (χ1n) is 4.62. The molecule has 1 aromatic carbocycles. The standard InChI is InChI=1S/C10H8N4OS/c11-14-9-4-16-10(13-9)6-1-2-7-8(3-6)15-5-12-7/h1-5,14H,11H2. The van der Waals surface area contributed by atoms with Crippen LogP contribution < -0.4 is 11.3 Å². The van der Waals surface area contributed by atoms with Gasteiger partial charge in [-0.25, -0.2) is 15.8 Å². The number of hydrazine groups is 1. The average molecular weight is 232 g/mol. The summed E-state index contributed by atoms with van der Waals surface area (Å²) in [7, 11) is 0. The summed E-state index contributed by atoms with van der Waals surface area (Å²) in [6.07, 6.45) is 1.43. The molecule has 0 aliphatic heterocycles. The van der Waals surface area contributed by atoms with Crippen molar-refractivity contribution in [3.63, 3.8) is 0 Å². The SMILES string of the molecule is NNc1csc(-c2ccc3ncoc3c2)n1. The lowest BCUT2D eigenvalue weighted by Gasteiger charge is -1.95. The van der Waals surface area contributed by atoms with Gasteiger partial charge in [0.1, 0.15) is 10.5 Å². The van der Waals surface area contributed by atoms with E-state index in [2.05, 4.69) is 15.4 Å². The number of rotatable bonds is 2. The van der Waals surface area contributed by atoms with E-state index in [1.807, 2.05) is 23.6 Å². The molecule has 0 radical (unpaired) electrons. The molecule has 3 aromatic rings. The minimum absolute atomic E-state index is 0.665. The number of nitrogen functional groups attached to an aromatic ring is 1. The maximum Gasteiger partial charge on any atom is 0.181 e. The van der Waals surface area contributed by atoms with Crippen LogP contribution in [-0.4, -0.2) is 9.97 Å². The van der Waals surface area contributed by atoms with Crippen molar-refractivity contribution in [1.82, 2.24) is 9.97 Å².